The minimum Gasteiger partial charge on any atom is -0.497 e. The molecule has 5 nitrogen and oxygen atoms in total. The first-order valence-electron chi connectivity index (χ1n) is 9.42. The van der Waals surface area contributed by atoms with Crippen LogP contribution in [-0.4, -0.2) is 31.4 Å². The summed E-state index contributed by atoms with van der Waals surface area (Å²) in [7, 11) is 1.62. The number of aliphatic carboxylic acids is 1. The van der Waals surface area contributed by atoms with Crippen LogP contribution in [0.5, 0.6) is 17.2 Å². The average molecular weight is 392 g/mol. The van der Waals surface area contributed by atoms with E-state index in [1.807, 2.05) is 78.9 Å². The van der Waals surface area contributed by atoms with Gasteiger partial charge in [-0.25, -0.2) is 0 Å². The number of carbonyl (C=O) groups is 1. The first-order chi connectivity index (χ1) is 14.2. The highest BCUT2D eigenvalue weighted by atomic mass is 16.5. The zero-order valence-corrected chi connectivity index (χ0v) is 16.3. The summed E-state index contributed by atoms with van der Waals surface area (Å²) in [5.74, 6) is 0.864. The molecule has 0 saturated carbocycles. The van der Waals surface area contributed by atoms with Crippen LogP contribution in [0.1, 0.15) is 17.0 Å². The molecule has 0 fully saturated rings. The number of methoxy groups -OCH3 is 1. The van der Waals surface area contributed by atoms with E-state index in [0.29, 0.717) is 19.6 Å². The van der Waals surface area contributed by atoms with Crippen molar-refractivity contribution >= 4 is 5.97 Å². The lowest BCUT2D eigenvalue weighted by atomic mass is 9.92. The SMILES string of the molecule is COc1ccc(OCCOc2ccc(CC(C(=O)O)c3ccccc3)cc2)cc1. The van der Waals surface area contributed by atoms with Gasteiger partial charge in [0.05, 0.1) is 13.0 Å². The second kappa shape index (κ2) is 10.2. The molecule has 0 aliphatic rings. The Labute approximate surface area is 170 Å². The van der Waals surface area contributed by atoms with Gasteiger partial charge in [0.1, 0.15) is 30.5 Å². The zero-order valence-electron chi connectivity index (χ0n) is 16.3. The van der Waals surface area contributed by atoms with Gasteiger partial charge in [-0.15, -0.1) is 0 Å². The topological polar surface area (TPSA) is 65.0 Å². The molecule has 3 aromatic carbocycles. The molecule has 5 heteroatoms. The summed E-state index contributed by atoms with van der Waals surface area (Å²) >= 11 is 0. The summed E-state index contributed by atoms with van der Waals surface area (Å²) in [6.45, 7) is 0.830. The maximum Gasteiger partial charge on any atom is 0.311 e. The number of hydrogen-bond acceptors (Lipinski definition) is 4. The predicted molar refractivity (Wildman–Crippen MR) is 111 cm³/mol. The van der Waals surface area contributed by atoms with Crippen LogP contribution in [0.2, 0.25) is 0 Å². The third kappa shape index (κ3) is 6.01. The zero-order chi connectivity index (χ0) is 20.5. The maximum atomic E-state index is 11.7. The summed E-state index contributed by atoms with van der Waals surface area (Å²) < 4.78 is 16.4. The highest BCUT2D eigenvalue weighted by molar-refractivity contribution is 5.76. The van der Waals surface area contributed by atoms with Crippen molar-refractivity contribution in [3.8, 4) is 17.2 Å². The molecule has 1 atom stereocenters. The van der Waals surface area contributed by atoms with Gasteiger partial charge in [-0.05, 0) is 53.9 Å². The molecule has 0 amide bonds. The van der Waals surface area contributed by atoms with Crippen molar-refractivity contribution in [2.24, 2.45) is 0 Å². The summed E-state index contributed by atoms with van der Waals surface area (Å²) in [5.41, 5.74) is 1.75. The molecule has 1 N–H and O–H groups in total. The Kier molecular flexibility index (Phi) is 7.11. The Morgan fingerprint density at radius 3 is 1.83 bits per heavy atom. The van der Waals surface area contributed by atoms with Crippen LogP contribution in [0.3, 0.4) is 0 Å². The Morgan fingerprint density at radius 2 is 1.31 bits per heavy atom. The van der Waals surface area contributed by atoms with E-state index in [-0.39, 0.29) is 0 Å². The van der Waals surface area contributed by atoms with Crippen molar-refractivity contribution in [1.82, 2.24) is 0 Å². The van der Waals surface area contributed by atoms with Crippen molar-refractivity contribution in [2.75, 3.05) is 20.3 Å². The smallest absolute Gasteiger partial charge is 0.311 e. The fourth-order valence-electron chi connectivity index (χ4n) is 2.98. The number of rotatable bonds is 10. The number of carboxylic acid groups (broad SMARTS) is 1. The number of hydrogen-bond donors (Lipinski definition) is 1. The van der Waals surface area contributed by atoms with Crippen LogP contribution in [0.4, 0.5) is 0 Å². The quantitative estimate of drug-likeness (QED) is 0.512. The Balaban J connectivity index is 1.48. The van der Waals surface area contributed by atoms with Gasteiger partial charge in [0.2, 0.25) is 0 Å². The number of ether oxygens (including phenoxy) is 3. The van der Waals surface area contributed by atoms with Gasteiger partial charge in [-0.1, -0.05) is 42.5 Å². The van der Waals surface area contributed by atoms with Gasteiger partial charge in [0.15, 0.2) is 0 Å². The van der Waals surface area contributed by atoms with Crippen LogP contribution in [-0.2, 0) is 11.2 Å². The second-order valence-electron chi connectivity index (χ2n) is 6.52. The Bertz CT molecular complexity index is 889. The van der Waals surface area contributed by atoms with Gasteiger partial charge >= 0.3 is 5.97 Å². The van der Waals surface area contributed by atoms with Crippen molar-refractivity contribution in [3.05, 3.63) is 90.0 Å². The van der Waals surface area contributed by atoms with Gasteiger partial charge in [0, 0.05) is 0 Å². The van der Waals surface area contributed by atoms with Crippen molar-refractivity contribution in [1.29, 1.82) is 0 Å². The van der Waals surface area contributed by atoms with Crippen LogP contribution in [0, 0.1) is 0 Å². The van der Waals surface area contributed by atoms with Crippen LogP contribution in [0.25, 0.3) is 0 Å². The van der Waals surface area contributed by atoms with E-state index in [9.17, 15) is 9.90 Å². The molecule has 0 aliphatic carbocycles. The third-order valence-corrected chi connectivity index (χ3v) is 4.54. The molecule has 1 unspecified atom stereocenters. The molecule has 0 aromatic heterocycles. The highest BCUT2D eigenvalue weighted by Crippen LogP contribution is 2.23. The number of carboxylic acids is 1. The van der Waals surface area contributed by atoms with E-state index in [1.54, 1.807) is 7.11 Å². The molecule has 3 aromatic rings. The van der Waals surface area contributed by atoms with Crippen LogP contribution >= 0.6 is 0 Å². The first kappa shape index (κ1) is 20.3. The van der Waals surface area contributed by atoms with Crippen LogP contribution < -0.4 is 14.2 Å². The molecule has 0 saturated heterocycles. The van der Waals surface area contributed by atoms with E-state index < -0.39 is 11.9 Å². The monoisotopic (exact) mass is 392 g/mol. The van der Waals surface area contributed by atoms with Crippen molar-refractivity contribution in [2.45, 2.75) is 12.3 Å². The van der Waals surface area contributed by atoms with Gasteiger partial charge < -0.3 is 19.3 Å². The summed E-state index contributed by atoms with van der Waals surface area (Å²) in [6.07, 6.45) is 0.431. The third-order valence-electron chi connectivity index (χ3n) is 4.54. The van der Waals surface area contributed by atoms with E-state index >= 15 is 0 Å². The Morgan fingerprint density at radius 1 is 0.793 bits per heavy atom. The molecule has 0 aliphatic heterocycles. The summed E-state index contributed by atoms with van der Waals surface area (Å²) in [4.78, 5) is 11.7. The Hall–Kier alpha value is -3.47. The normalized spacial score (nSPS) is 11.5. The molecular formula is C24H24O5. The first-order valence-corrected chi connectivity index (χ1v) is 9.42. The molecule has 29 heavy (non-hydrogen) atoms. The predicted octanol–water partition coefficient (Wildman–Crippen LogP) is 4.56. The lowest BCUT2D eigenvalue weighted by molar-refractivity contribution is -0.138. The average Bonchev–Trinajstić information content (AvgIpc) is 2.77. The highest BCUT2D eigenvalue weighted by Gasteiger charge is 2.19. The van der Waals surface area contributed by atoms with Gasteiger partial charge in [0.25, 0.3) is 0 Å². The van der Waals surface area contributed by atoms with E-state index in [4.69, 9.17) is 14.2 Å². The molecular weight excluding hydrogens is 368 g/mol. The fourth-order valence-corrected chi connectivity index (χ4v) is 2.98. The largest absolute Gasteiger partial charge is 0.497 e. The second-order valence-corrected chi connectivity index (χ2v) is 6.52. The molecule has 150 valence electrons. The minimum atomic E-state index is -0.827. The maximum absolute atomic E-state index is 11.7. The van der Waals surface area contributed by atoms with E-state index in [2.05, 4.69) is 0 Å². The minimum absolute atomic E-state index is 0.410. The van der Waals surface area contributed by atoms with Crippen molar-refractivity contribution in [3.63, 3.8) is 0 Å². The van der Waals surface area contributed by atoms with Gasteiger partial charge in [-0.3, -0.25) is 4.79 Å². The molecule has 0 radical (unpaired) electrons. The van der Waals surface area contributed by atoms with Crippen molar-refractivity contribution < 1.29 is 24.1 Å². The van der Waals surface area contributed by atoms with Crippen LogP contribution in [0.15, 0.2) is 78.9 Å². The molecule has 0 bridgehead atoms. The molecule has 0 spiro atoms. The summed E-state index contributed by atoms with van der Waals surface area (Å²) in [5, 5.41) is 9.56. The standard InChI is InChI=1S/C24H24O5/c1-27-20-11-13-22(14-12-20)29-16-15-28-21-9-7-18(8-10-21)17-23(24(25)26)19-5-3-2-4-6-19/h2-14,23H,15-17H2,1H3,(H,25,26). The lowest BCUT2D eigenvalue weighted by Gasteiger charge is -2.13. The number of benzene rings is 3. The van der Waals surface area contributed by atoms with E-state index in [0.717, 1.165) is 28.4 Å². The molecule has 3 rings (SSSR count). The summed E-state index contributed by atoms with van der Waals surface area (Å²) in [6, 6.07) is 24.2. The van der Waals surface area contributed by atoms with E-state index in [1.165, 1.54) is 0 Å². The fraction of sp³-hybridized carbons (Fsp3) is 0.208. The molecule has 0 heterocycles. The lowest BCUT2D eigenvalue weighted by Crippen LogP contribution is -2.14. The van der Waals surface area contributed by atoms with Gasteiger partial charge in [-0.2, -0.15) is 0 Å².